The molecule has 0 aliphatic carbocycles. The molecule has 4 heteroatoms. The fourth-order valence-corrected chi connectivity index (χ4v) is 1.66. The first-order chi connectivity index (χ1) is 5.85. The van der Waals surface area contributed by atoms with E-state index < -0.39 is 9.53 Å². The Hall–Kier alpha value is -0.163. The van der Waals surface area contributed by atoms with E-state index in [2.05, 4.69) is 13.2 Å². The zero-order chi connectivity index (χ0) is 9.82. The van der Waals surface area contributed by atoms with Crippen molar-refractivity contribution in [2.75, 3.05) is 19.8 Å². The lowest BCUT2D eigenvalue weighted by molar-refractivity contribution is 0.107. The maximum Gasteiger partial charge on any atom is 0.484 e. The van der Waals surface area contributed by atoms with Crippen LogP contribution in [0.1, 0.15) is 20.8 Å². The highest BCUT2D eigenvalue weighted by atomic mass is 28.3. The fraction of sp³-hybridized carbons (Fsp3) is 0.750. The van der Waals surface area contributed by atoms with E-state index in [1.807, 2.05) is 20.8 Å². The molecule has 0 spiro atoms. The summed E-state index contributed by atoms with van der Waals surface area (Å²) in [5, 5.41) is 0. The zero-order valence-electron chi connectivity index (χ0n) is 8.21. The summed E-state index contributed by atoms with van der Waals surface area (Å²) in [6.07, 6.45) is 0. The molecule has 0 atom stereocenters. The monoisotopic (exact) mass is 191 g/mol. The van der Waals surface area contributed by atoms with E-state index in [-0.39, 0.29) is 0 Å². The van der Waals surface area contributed by atoms with Gasteiger partial charge in [-0.1, -0.05) is 13.2 Å². The van der Waals surface area contributed by atoms with Crippen molar-refractivity contribution >= 4 is 9.53 Å². The molecule has 0 fully saturated rings. The lowest BCUT2D eigenvalue weighted by Gasteiger charge is -2.12. The van der Waals surface area contributed by atoms with Crippen molar-refractivity contribution in [1.82, 2.24) is 0 Å². The first-order valence-corrected chi connectivity index (χ1v) is 5.52. The van der Waals surface area contributed by atoms with Gasteiger partial charge < -0.3 is 13.3 Å². The van der Waals surface area contributed by atoms with Gasteiger partial charge in [0.05, 0.1) is 0 Å². The highest BCUT2D eigenvalue weighted by molar-refractivity contribution is 6.36. The van der Waals surface area contributed by atoms with Crippen molar-refractivity contribution in [3.63, 3.8) is 0 Å². The van der Waals surface area contributed by atoms with Crippen LogP contribution in [0.25, 0.3) is 0 Å². The quantitative estimate of drug-likeness (QED) is 0.594. The van der Waals surface area contributed by atoms with Gasteiger partial charge in [0.15, 0.2) is 0 Å². The second-order valence-electron chi connectivity index (χ2n) is 1.65. The summed E-state index contributed by atoms with van der Waals surface area (Å²) in [5.74, 6) is 0. The maximum atomic E-state index is 5.22. The van der Waals surface area contributed by atoms with Crippen LogP contribution in [0.2, 0.25) is 0 Å². The molecule has 0 amide bonds. The molecule has 0 rings (SSSR count). The fourth-order valence-electron chi connectivity index (χ4n) is 0.553. The molecule has 0 N–H and O–H groups in total. The summed E-state index contributed by atoms with van der Waals surface area (Å²) in [6.45, 7) is 14.9. The average Bonchev–Trinajstić information content (AvgIpc) is 2.10. The van der Waals surface area contributed by atoms with Crippen LogP contribution in [0.4, 0.5) is 0 Å². The van der Waals surface area contributed by atoms with Crippen molar-refractivity contribution in [2.45, 2.75) is 20.8 Å². The Bertz CT molecular complexity index is 66.4. The van der Waals surface area contributed by atoms with Crippen molar-refractivity contribution < 1.29 is 13.3 Å². The van der Waals surface area contributed by atoms with Crippen molar-refractivity contribution in [2.24, 2.45) is 0 Å². The Morgan fingerprint density at radius 3 is 1.33 bits per heavy atom. The molecule has 0 bridgehead atoms. The Kier molecular flexibility index (Phi) is 16.1. The zero-order valence-corrected chi connectivity index (χ0v) is 9.36. The van der Waals surface area contributed by atoms with Crippen LogP contribution in [0.15, 0.2) is 6.58 Å². The topological polar surface area (TPSA) is 27.7 Å². The number of rotatable bonds is 6. The number of hydrogen-bond donors (Lipinski definition) is 0. The molecule has 0 aliphatic heterocycles. The maximum absolute atomic E-state index is 5.22. The standard InChI is InChI=1S/C6H16O3Si.C2H3/c1-4-7-10(8-5-2)9-6-3;1-2/h10H,4-6H2,1-3H3;1H,2H2. The minimum absolute atomic E-state index is 0.677. The Labute approximate surface area is 77.3 Å². The lowest BCUT2D eigenvalue weighted by Crippen LogP contribution is -2.27. The Morgan fingerprint density at radius 2 is 1.17 bits per heavy atom. The van der Waals surface area contributed by atoms with Gasteiger partial charge in [-0.15, -0.1) is 0 Å². The highest BCUT2D eigenvalue weighted by Gasteiger charge is 2.11. The summed E-state index contributed by atoms with van der Waals surface area (Å²) in [7, 11) is -1.73. The number of hydrogen-bond acceptors (Lipinski definition) is 3. The van der Waals surface area contributed by atoms with Gasteiger partial charge in [-0.25, -0.2) is 0 Å². The van der Waals surface area contributed by atoms with Gasteiger partial charge in [0.1, 0.15) is 0 Å². The minimum Gasteiger partial charge on any atom is -0.376 e. The van der Waals surface area contributed by atoms with Crippen molar-refractivity contribution in [1.29, 1.82) is 0 Å². The molecule has 0 aromatic rings. The molecule has 0 saturated heterocycles. The summed E-state index contributed by atoms with van der Waals surface area (Å²) in [6, 6.07) is 0. The second kappa shape index (κ2) is 13.4. The minimum atomic E-state index is -1.73. The molecule has 73 valence electrons. The molecule has 0 aromatic carbocycles. The third-order valence-electron chi connectivity index (χ3n) is 0.908. The second-order valence-corrected chi connectivity index (χ2v) is 3.23. The molecule has 3 nitrogen and oxygen atoms in total. The molecule has 12 heavy (non-hydrogen) atoms. The SMILES string of the molecule is CCO[SiH](OCC)OCC.[CH]=C. The molecule has 0 aliphatic rings. The summed E-state index contributed by atoms with van der Waals surface area (Å²) < 4.78 is 15.7. The molecule has 1 radical (unpaired) electrons. The van der Waals surface area contributed by atoms with Gasteiger partial charge in [0.2, 0.25) is 0 Å². The molecule has 0 heterocycles. The first kappa shape index (κ1) is 14.4. The van der Waals surface area contributed by atoms with E-state index in [0.717, 1.165) is 0 Å². The van der Waals surface area contributed by atoms with Gasteiger partial charge in [-0.3, -0.25) is 0 Å². The lowest BCUT2D eigenvalue weighted by atomic mass is 10.9. The smallest absolute Gasteiger partial charge is 0.376 e. The van der Waals surface area contributed by atoms with Gasteiger partial charge in [0.25, 0.3) is 0 Å². The largest absolute Gasteiger partial charge is 0.484 e. The van der Waals surface area contributed by atoms with Crippen molar-refractivity contribution in [3.05, 3.63) is 13.2 Å². The van der Waals surface area contributed by atoms with Crippen LogP contribution >= 0.6 is 0 Å². The molecule has 0 aromatic heterocycles. The van der Waals surface area contributed by atoms with Crippen LogP contribution in [0.3, 0.4) is 0 Å². The van der Waals surface area contributed by atoms with Gasteiger partial charge in [-0.2, -0.15) is 0 Å². The third kappa shape index (κ3) is 9.84. The Balaban J connectivity index is 0. The van der Waals surface area contributed by atoms with Crippen LogP contribution < -0.4 is 0 Å². The van der Waals surface area contributed by atoms with Crippen LogP contribution in [0.5, 0.6) is 0 Å². The molecule has 0 saturated carbocycles. The van der Waals surface area contributed by atoms with Gasteiger partial charge in [-0.05, 0) is 20.8 Å². The van der Waals surface area contributed by atoms with Gasteiger partial charge in [0, 0.05) is 19.8 Å². The molecule has 0 unspecified atom stereocenters. The summed E-state index contributed by atoms with van der Waals surface area (Å²) in [4.78, 5) is 0. The van der Waals surface area contributed by atoms with E-state index >= 15 is 0 Å². The van der Waals surface area contributed by atoms with Gasteiger partial charge >= 0.3 is 9.53 Å². The van der Waals surface area contributed by atoms with E-state index in [9.17, 15) is 0 Å². The third-order valence-corrected chi connectivity index (χ3v) is 2.72. The van der Waals surface area contributed by atoms with E-state index in [1.165, 1.54) is 0 Å². The van der Waals surface area contributed by atoms with Crippen LogP contribution in [-0.4, -0.2) is 29.3 Å². The predicted octanol–water partition coefficient (Wildman–Crippen LogP) is 1.42. The summed E-state index contributed by atoms with van der Waals surface area (Å²) >= 11 is 0. The summed E-state index contributed by atoms with van der Waals surface area (Å²) in [5.41, 5.74) is 0. The molecular weight excluding hydrogens is 172 g/mol. The van der Waals surface area contributed by atoms with E-state index in [4.69, 9.17) is 13.3 Å². The highest BCUT2D eigenvalue weighted by Crippen LogP contribution is 1.90. The average molecular weight is 191 g/mol. The predicted molar refractivity (Wildman–Crippen MR) is 52.0 cm³/mol. The van der Waals surface area contributed by atoms with Crippen molar-refractivity contribution in [3.8, 4) is 0 Å². The molecular formula is C8H19O3Si. The van der Waals surface area contributed by atoms with E-state index in [0.29, 0.717) is 19.8 Å². The normalized spacial score (nSPS) is 9.33. The van der Waals surface area contributed by atoms with Crippen LogP contribution in [0, 0.1) is 6.58 Å². The Morgan fingerprint density at radius 1 is 0.917 bits per heavy atom. The van der Waals surface area contributed by atoms with E-state index in [1.54, 1.807) is 0 Å². The first-order valence-electron chi connectivity index (χ1n) is 4.10. The van der Waals surface area contributed by atoms with Crippen LogP contribution in [-0.2, 0) is 13.3 Å².